The summed E-state index contributed by atoms with van der Waals surface area (Å²) in [5.74, 6) is 0.810. The van der Waals surface area contributed by atoms with Crippen LogP contribution in [0.3, 0.4) is 0 Å². The van der Waals surface area contributed by atoms with Crippen LogP contribution in [-0.4, -0.2) is 35.3 Å². The van der Waals surface area contributed by atoms with Crippen molar-refractivity contribution in [2.45, 2.75) is 31.6 Å². The van der Waals surface area contributed by atoms with Gasteiger partial charge < -0.3 is 10.4 Å². The molecule has 0 aromatic carbocycles. The lowest BCUT2D eigenvalue weighted by atomic mass is 10.3. The van der Waals surface area contributed by atoms with E-state index in [1.165, 1.54) is 0 Å². The lowest BCUT2D eigenvalue weighted by Crippen LogP contribution is -2.27. The average Bonchev–Trinajstić information content (AvgIpc) is 1.83. The predicted octanol–water partition coefficient (Wildman–Crippen LogP) is 1.10. The fraction of sp³-hybridized carbons (Fsp3) is 1.00. The van der Waals surface area contributed by atoms with Crippen molar-refractivity contribution in [2.75, 3.05) is 19.3 Å². The Bertz CT molecular complexity index is 101. The normalized spacial score (nSPS) is 15.0. The highest BCUT2D eigenvalue weighted by atomic mass is 32.2. The number of hydrogen-bond donors (Lipinski definition) is 2. The van der Waals surface area contributed by atoms with Crippen molar-refractivity contribution >= 4 is 11.8 Å². The molecule has 0 aliphatic carbocycles. The van der Waals surface area contributed by atoms with E-state index in [4.69, 9.17) is 0 Å². The lowest BCUT2D eigenvalue weighted by molar-refractivity contribution is 0.198. The summed E-state index contributed by atoms with van der Waals surface area (Å²) >= 11 is 1.79. The molecule has 0 fully saturated rings. The molecule has 3 heteroatoms. The topological polar surface area (TPSA) is 32.3 Å². The van der Waals surface area contributed by atoms with Crippen LogP contribution < -0.4 is 5.32 Å². The van der Waals surface area contributed by atoms with E-state index in [0.717, 1.165) is 5.75 Å². The van der Waals surface area contributed by atoms with E-state index >= 15 is 0 Å². The third kappa shape index (κ3) is 8.17. The smallest absolute Gasteiger partial charge is 0.0754 e. The van der Waals surface area contributed by atoms with Gasteiger partial charge in [0.15, 0.2) is 0 Å². The minimum Gasteiger partial charge on any atom is -0.391 e. The van der Waals surface area contributed by atoms with Crippen molar-refractivity contribution < 1.29 is 5.11 Å². The molecule has 0 radical (unpaired) electrons. The van der Waals surface area contributed by atoms with E-state index in [0.29, 0.717) is 6.54 Å². The van der Waals surface area contributed by atoms with E-state index in [1.807, 2.05) is 7.05 Å². The molecule has 0 aromatic rings. The van der Waals surface area contributed by atoms with E-state index in [2.05, 4.69) is 26.1 Å². The number of likely N-dealkylation sites (N-methyl/N-ethyl adjacent to an activating group) is 1. The van der Waals surface area contributed by atoms with Crippen LogP contribution in [0, 0.1) is 0 Å². The summed E-state index contributed by atoms with van der Waals surface area (Å²) < 4.78 is 0.259. The van der Waals surface area contributed by atoms with Crippen molar-refractivity contribution in [2.24, 2.45) is 0 Å². The Balaban J connectivity index is 3.38. The third-order valence-electron chi connectivity index (χ3n) is 1.15. The first-order chi connectivity index (χ1) is 4.95. The van der Waals surface area contributed by atoms with Gasteiger partial charge in [-0.15, -0.1) is 0 Å². The molecule has 2 N–H and O–H groups in total. The fourth-order valence-electron chi connectivity index (χ4n) is 0.641. The molecule has 11 heavy (non-hydrogen) atoms. The van der Waals surface area contributed by atoms with Crippen LogP contribution >= 0.6 is 11.8 Å². The predicted molar refractivity (Wildman–Crippen MR) is 52.1 cm³/mol. The highest BCUT2D eigenvalue weighted by Crippen LogP contribution is 2.23. The van der Waals surface area contributed by atoms with Crippen LogP contribution in [0.2, 0.25) is 0 Å². The van der Waals surface area contributed by atoms with Gasteiger partial charge >= 0.3 is 0 Å². The maximum atomic E-state index is 9.33. The van der Waals surface area contributed by atoms with Crippen molar-refractivity contribution in [3.63, 3.8) is 0 Å². The second-order valence-corrected chi connectivity index (χ2v) is 5.48. The lowest BCUT2D eigenvalue weighted by Gasteiger charge is -2.19. The summed E-state index contributed by atoms with van der Waals surface area (Å²) in [7, 11) is 1.85. The summed E-state index contributed by atoms with van der Waals surface area (Å²) in [5.41, 5.74) is 0. The minimum absolute atomic E-state index is 0.218. The molecule has 1 atom stereocenters. The number of aliphatic hydroxyl groups excluding tert-OH is 1. The first-order valence-electron chi connectivity index (χ1n) is 3.92. The van der Waals surface area contributed by atoms with E-state index in [-0.39, 0.29) is 10.9 Å². The van der Waals surface area contributed by atoms with Gasteiger partial charge in [-0.1, -0.05) is 20.8 Å². The molecule has 0 amide bonds. The van der Waals surface area contributed by atoms with E-state index < -0.39 is 0 Å². The number of aliphatic hydroxyl groups is 1. The fourth-order valence-corrected chi connectivity index (χ4v) is 1.45. The van der Waals surface area contributed by atoms with Crippen molar-refractivity contribution in [3.05, 3.63) is 0 Å². The Labute approximate surface area is 73.8 Å². The average molecular weight is 177 g/mol. The summed E-state index contributed by atoms with van der Waals surface area (Å²) in [6.45, 7) is 7.15. The first kappa shape index (κ1) is 11.3. The summed E-state index contributed by atoms with van der Waals surface area (Å²) in [6.07, 6.45) is -0.218. The summed E-state index contributed by atoms with van der Waals surface area (Å²) in [5, 5.41) is 12.3. The molecule has 2 nitrogen and oxygen atoms in total. The van der Waals surface area contributed by atoms with Crippen LogP contribution in [0.25, 0.3) is 0 Å². The molecule has 0 bridgehead atoms. The number of nitrogens with one attached hydrogen (secondary N) is 1. The quantitative estimate of drug-likeness (QED) is 0.674. The molecular formula is C8H19NOS. The van der Waals surface area contributed by atoms with Crippen LogP contribution in [0.1, 0.15) is 20.8 Å². The Kier molecular flexibility index (Phi) is 5.13. The van der Waals surface area contributed by atoms with Crippen LogP contribution in [0.5, 0.6) is 0 Å². The standard InChI is InChI=1S/C8H19NOS/c1-8(2,3)11-6-7(10)5-9-4/h7,9-10H,5-6H2,1-4H3. The van der Waals surface area contributed by atoms with Crippen molar-refractivity contribution in [1.29, 1.82) is 0 Å². The maximum absolute atomic E-state index is 9.33. The Morgan fingerprint density at radius 2 is 2.00 bits per heavy atom. The minimum atomic E-state index is -0.218. The Morgan fingerprint density at radius 1 is 1.45 bits per heavy atom. The summed E-state index contributed by atoms with van der Waals surface area (Å²) in [4.78, 5) is 0. The van der Waals surface area contributed by atoms with Gasteiger partial charge in [0.1, 0.15) is 0 Å². The monoisotopic (exact) mass is 177 g/mol. The van der Waals surface area contributed by atoms with Crippen LogP contribution in [0.15, 0.2) is 0 Å². The van der Waals surface area contributed by atoms with Crippen LogP contribution in [-0.2, 0) is 0 Å². The molecule has 0 rings (SSSR count). The van der Waals surface area contributed by atoms with Crippen molar-refractivity contribution in [3.8, 4) is 0 Å². The van der Waals surface area contributed by atoms with Gasteiger partial charge in [-0.3, -0.25) is 0 Å². The van der Waals surface area contributed by atoms with Crippen LogP contribution in [0.4, 0.5) is 0 Å². The molecule has 0 heterocycles. The third-order valence-corrected chi connectivity index (χ3v) is 2.57. The van der Waals surface area contributed by atoms with Gasteiger partial charge in [0.2, 0.25) is 0 Å². The van der Waals surface area contributed by atoms with Gasteiger partial charge in [0.25, 0.3) is 0 Å². The molecule has 0 aliphatic rings. The molecule has 0 aromatic heterocycles. The highest BCUT2D eigenvalue weighted by molar-refractivity contribution is 8.00. The highest BCUT2D eigenvalue weighted by Gasteiger charge is 2.12. The molecule has 1 unspecified atom stereocenters. The van der Waals surface area contributed by atoms with Gasteiger partial charge in [-0.25, -0.2) is 0 Å². The molecule has 0 spiro atoms. The zero-order valence-corrected chi connectivity index (χ0v) is 8.66. The number of thioether (sulfide) groups is 1. The first-order valence-corrected chi connectivity index (χ1v) is 4.91. The van der Waals surface area contributed by atoms with Gasteiger partial charge in [-0.2, -0.15) is 11.8 Å². The Morgan fingerprint density at radius 3 is 2.36 bits per heavy atom. The number of rotatable bonds is 4. The molecule has 0 aliphatic heterocycles. The van der Waals surface area contributed by atoms with Gasteiger partial charge in [0.05, 0.1) is 6.10 Å². The largest absolute Gasteiger partial charge is 0.391 e. The van der Waals surface area contributed by atoms with E-state index in [9.17, 15) is 5.11 Å². The maximum Gasteiger partial charge on any atom is 0.0754 e. The molecule has 0 saturated carbocycles. The second-order valence-electron chi connectivity index (χ2n) is 3.63. The number of hydrogen-bond acceptors (Lipinski definition) is 3. The molecule has 68 valence electrons. The zero-order chi connectivity index (χ0) is 8.91. The Hall–Kier alpha value is 0.270. The van der Waals surface area contributed by atoms with Gasteiger partial charge in [-0.05, 0) is 7.05 Å². The van der Waals surface area contributed by atoms with E-state index in [1.54, 1.807) is 11.8 Å². The summed E-state index contributed by atoms with van der Waals surface area (Å²) in [6, 6.07) is 0. The zero-order valence-electron chi connectivity index (χ0n) is 7.85. The van der Waals surface area contributed by atoms with Crippen molar-refractivity contribution in [1.82, 2.24) is 5.32 Å². The molecule has 0 saturated heterocycles. The molecular weight excluding hydrogens is 158 g/mol. The van der Waals surface area contributed by atoms with Gasteiger partial charge in [0, 0.05) is 17.0 Å². The second kappa shape index (κ2) is 5.01. The SMILES string of the molecule is CNCC(O)CSC(C)(C)C.